The fourth-order valence-corrected chi connectivity index (χ4v) is 3.24. The van der Waals surface area contributed by atoms with Crippen molar-refractivity contribution in [2.24, 2.45) is 5.92 Å². The smallest absolute Gasteiger partial charge is 0.408 e. The fraction of sp³-hybridized carbons (Fsp3) is 0.520. The molecular formula is C25H37N3O6. The minimum absolute atomic E-state index is 0.0363. The predicted octanol–water partition coefficient (Wildman–Crippen LogP) is 2.97. The zero-order valence-corrected chi connectivity index (χ0v) is 20.9. The van der Waals surface area contributed by atoms with E-state index >= 15 is 0 Å². The van der Waals surface area contributed by atoms with Gasteiger partial charge < -0.3 is 25.0 Å². The number of carbonyl (C=O) groups is 4. The SMILES string of the molecule is C=CCN(C(=O)C(CC(C)C)NC(=O)OC(C)(C)C)C(C(=O)NCC(=O)OC)c1ccccc1. The van der Waals surface area contributed by atoms with Gasteiger partial charge in [-0.3, -0.25) is 14.4 Å². The normalized spacial score (nSPS) is 12.8. The lowest BCUT2D eigenvalue weighted by atomic mass is 9.99. The van der Waals surface area contributed by atoms with Crippen molar-refractivity contribution in [1.29, 1.82) is 0 Å². The Balaban J connectivity index is 3.34. The first-order valence-electron chi connectivity index (χ1n) is 11.2. The maximum atomic E-state index is 13.7. The lowest BCUT2D eigenvalue weighted by Crippen LogP contribution is -2.53. The van der Waals surface area contributed by atoms with E-state index < -0.39 is 41.6 Å². The number of hydrogen-bond donors (Lipinski definition) is 2. The van der Waals surface area contributed by atoms with Crippen molar-refractivity contribution in [3.05, 3.63) is 48.6 Å². The zero-order valence-electron chi connectivity index (χ0n) is 20.9. The molecule has 0 fully saturated rings. The van der Waals surface area contributed by atoms with Crippen molar-refractivity contribution in [3.8, 4) is 0 Å². The third-order valence-corrected chi connectivity index (χ3v) is 4.62. The average molecular weight is 476 g/mol. The number of carbonyl (C=O) groups excluding carboxylic acids is 4. The maximum Gasteiger partial charge on any atom is 0.408 e. The number of esters is 1. The molecule has 9 heteroatoms. The number of benzene rings is 1. The molecule has 34 heavy (non-hydrogen) atoms. The number of amides is 3. The van der Waals surface area contributed by atoms with Gasteiger partial charge in [-0.15, -0.1) is 6.58 Å². The van der Waals surface area contributed by atoms with Gasteiger partial charge in [0, 0.05) is 6.54 Å². The second-order valence-electron chi connectivity index (χ2n) is 9.21. The summed E-state index contributed by atoms with van der Waals surface area (Å²) in [5.41, 5.74) is -0.197. The summed E-state index contributed by atoms with van der Waals surface area (Å²) >= 11 is 0. The van der Waals surface area contributed by atoms with Crippen LogP contribution in [0.25, 0.3) is 0 Å². The van der Waals surface area contributed by atoms with Crippen molar-refractivity contribution in [2.45, 2.75) is 58.7 Å². The molecule has 1 aromatic carbocycles. The number of hydrogen-bond acceptors (Lipinski definition) is 6. The topological polar surface area (TPSA) is 114 Å². The predicted molar refractivity (Wildman–Crippen MR) is 129 cm³/mol. The minimum atomic E-state index is -1.06. The number of nitrogens with one attached hydrogen (secondary N) is 2. The molecular weight excluding hydrogens is 438 g/mol. The molecule has 0 saturated heterocycles. The highest BCUT2D eigenvalue weighted by atomic mass is 16.6. The molecule has 0 saturated carbocycles. The summed E-state index contributed by atoms with van der Waals surface area (Å²) in [6.07, 6.45) is 1.11. The third-order valence-electron chi connectivity index (χ3n) is 4.62. The lowest BCUT2D eigenvalue weighted by molar-refractivity contribution is -0.144. The van der Waals surface area contributed by atoms with E-state index in [4.69, 9.17) is 4.74 Å². The molecule has 9 nitrogen and oxygen atoms in total. The van der Waals surface area contributed by atoms with Crippen LogP contribution in [0.1, 0.15) is 52.6 Å². The number of nitrogens with zero attached hydrogens (tertiary/aromatic N) is 1. The highest BCUT2D eigenvalue weighted by molar-refractivity contribution is 5.93. The molecule has 0 bridgehead atoms. The van der Waals surface area contributed by atoms with Crippen LogP contribution >= 0.6 is 0 Å². The Morgan fingerprint density at radius 2 is 1.74 bits per heavy atom. The van der Waals surface area contributed by atoms with Crippen molar-refractivity contribution in [3.63, 3.8) is 0 Å². The fourth-order valence-electron chi connectivity index (χ4n) is 3.24. The summed E-state index contributed by atoms with van der Waals surface area (Å²) < 4.78 is 9.93. The summed E-state index contributed by atoms with van der Waals surface area (Å²) in [6.45, 7) is 12.4. The molecule has 3 amide bonds. The Morgan fingerprint density at radius 3 is 2.24 bits per heavy atom. The van der Waals surface area contributed by atoms with E-state index in [1.54, 1.807) is 51.1 Å². The molecule has 2 unspecified atom stereocenters. The van der Waals surface area contributed by atoms with Crippen LogP contribution in [0.4, 0.5) is 4.79 Å². The van der Waals surface area contributed by atoms with Crippen LogP contribution in [0.15, 0.2) is 43.0 Å². The Labute approximate surface area is 201 Å². The van der Waals surface area contributed by atoms with E-state index in [-0.39, 0.29) is 19.0 Å². The summed E-state index contributed by atoms with van der Waals surface area (Å²) in [6, 6.07) is 6.71. The number of alkyl carbamates (subject to hydrolysis) is 1. The number of methoxy groups -OCH3 is 1. The van der Waals surface area contributed by atoms with Crippen LogP contribution in [0, 0.1) is 5.92 Å². The van der Waals surface area contributed by atoms with Crippen molar-refractivity contribution in [1.82, 2.24) is 15.5 Å². The Kier molecular flexibility index (Phi) is 11.3. The van der Waals surface area contributed by atoms with E-state index in [1.165, 1.54) is 18.1 Å². The van der Waals surface area contributed by atoms with E-state index in [0.29, 0.717) is 12.0 Å². The quantitative estimate of drug-likeness (QED) is 0.376. The summed E-state index contributed by atoms with van der Waals surface area (Å²) in [7, 11) is 1.22. The second-order valence-corrected chi connectivity index (χ2v) is 9.21. The average Bonchev–Trinajstić information content (AvgIpc) is 2.75. The molecule has 0 spiro atoms. The molecule has 0 aliphatic rings. The largest absolute Gasteiger partial charge is 0.468 e. The van der Waals surface area contributed by atoms with E-state index in [1.807, 2.05) is 13.8 Å². The molecule has 0 aromatic heterocycles. The third kappa shape index (κ3) is 9.64. The van der Waals surface area contributed by atoms with Crippen LogP contribution in [0.2, 0.25) is 0 Å². The van der Waals surface area contributed by atoms with Gasteiger partial charge in [0.2, 0.25) is 11.8 Å². The van der Waals surface area contributed by atoms with Crippen molar-refractivity contribution < 1.29 is 28.7 Å². The summed E-state index contributed by atoms with van der Waals surface area (Å²) in [5.74, 6) is -1.59. The van der Waals surface area contributed by atoms with Gasteiger partial charge >= 0.3 is 12.1 Å². The molecule has 0 aliphatic carbocycles. The first-order chi connectivity index (χ1) is 15.9. The first-order valence-corrected chi connectivity index (χ1v) is 11.2. The monoisotopic (exact) mass is 475 g/mol. The van der Waals surface area contributed by atoms with Crippen LogP contribution in [-0.2, 0) is 23.9 Å². The van der Waals surface area contributed by atoms with Gasteiger partial charge in [0.05, 0.1) is 7.11 Å². The molecule has 2 atom stereocenters. The van der Waals surface area contributed by atoms with Crippen molar-refractivity contribution >= 4 is 23.9 Å². The van der Waals surface area contributed by atoms with Crippen LogP contribution < -0.4 is 10.6 Å². The van der Waals surface area contributed by atoms with E-state index in [2.05, 4.69) is 21.9 Å². The van der Waals surface area contributed by atoms with Gasteiger partial charge in [0.25, 0.3) is 0 Å². The Hall–Kier alpha value is -3.36. The molecule has 0 aliphatic heterocycles. The van der Waals surface area contributed by atoms with Gasteiger partial charge in [-0.05, 0) is 38.7 Å². The highest BCUT2D eigenvalue weighted by Crippen LogP contribution is 2.24. The maximum absolute atomic E-state index is 13.7. The van der Waals surface area contributed by atoms with E-state index in [9.17, 15) is 19.2 Å². The van der Waals surface area contributed by atoms with Crippen LogP contribution in [-0.4, -0.2) is 60.6 Å². The van der Waals surface area contributed by atoms with Gasteiger partial charge in [-0.1, -0.05) is 50.3 Å². The van der Waals surface area contributed by atoms with Crippen LogP contribution in [0.5, 0.6) is 0 Å². The Bertz CT molecular complexity index is 848. The van der Waals surface area contributed by atoms with Gasteiger partial charge in [0.1, 0.15) is 24.2 Å². The molecule has 188 valence electrons. The molecule has 1 aromatic rings. The first kappa shape index (κ1) is 28.7. The summed E-state index contributed by atoms with van der Waals surface area (Å²) in [4.78, 5) is 52.3. The molecule has 0 heterocycles. The standard InChI is InChI=1S/C25H37N3O6/c1-8-14-28(23(31)19(15-17(2)3)27-24(32)34-25(4,5)6)21(18-12-10-9-11-13-18)22(30)26-16-20(29)33-7/h8-13,17,19,21H,1,14-16H2,2-7H3,(H,26,30)(H,27,32). The summed E-state index contributed by atoms with van der Waals surface area (Å²) in [5, 5.41) is 5.18. The van der Waals surface area contributed by atoms with E-state index in [0.717, 1.165) is 0 Å². The molecule has 2 N–H and O–H groups in total. The second kappa shape index (κ2) is 13.4. The Morgan fingerprint density at radius 1 is 1.12 bits per heavy atom. The lowest BCUT2D eigenvalue weighted by Gasteiger charge is -2.34. The minimum Gasteiger partial charge on any atom is -0.468 e. The van der Waals surface area contributed by atoms with Crippen LogP contribution in [0.3, 0.4) is 0 Å². The molecule has 1 rings (SSSR count). The zero-order chi connectivity index (χ0) is 25.9. The number of rotatable bonds is 11. The van der Waals surface area contributed by atoms with Gasteiger partial charge in [-0.25, -0.2) is 4.79 Å². The van der Waals surface area contributed by atoms with Gasteiger partial charge in [0.15, 0.2) is 0 Å². The van der Waals surface area contributed by atoms with Crippen molar-refractivity contribution in [2.75, 3.05) is 20.2 Å². The van der Waals surface area contributed by atoms with Gasteiger partial charge in [-0.2, -0.15) is 0 Å². The molecule has 0 radical (unpaired) electrons. The highest BCUT2D eigenvalue weighted by Gasteiger charge is 2.36. The number of ether oxygens (including phenoxy) is 2.